The van der Waals surface area contributed by atoms with Crippen LogP contribution < -0.4 is 14.2 Å². The van der Waals surface area contributed by atoms with Crippen LogP contribution in [0, 0.1) is 0 Å². The molecule has 1 aliphatic rings. The molecule has 7 nitrogen and oxygen atoms in total. The van der Waals surface area contributed by atoms with Crippen molar-refractivity contribution in [2.45, 2.75) is 12.5 Å². The van der Waals surface area contributed by atoms with Crippen molar-refractivity contribution in [3.63, 3.8) is 0 Å². The van der Waals surface area contributed by atoms with E-state index in [0.29, 0.717) is 29.2 Å². The predicted molar refractivity (Wildman–Crippen MR) is 132 cm³/mol. The standard InChI is InChI=1S/C28H27NO6/c1-33-21-11-7-10-20(17-21)26(30)24-25(19-8-5-4-6-9-19)29(28(32)27(24)31)15-14-18-12-13-22(34-2)23(16-18)35-3/h4-13,16-17,25,30H,14-15H2,1-3H3/t25-/m0/s1. The monoisotopic (exact) mass is 473 g/mol. The molecule has 1 aliphatic heterocycles. The molecule has 1 heterocycles. The number of likely N-dealkylation sites (tertiary alicyclic amines) is 1. The first-order chi connectivity index (χ1) is 17.0. The summed E-state index contributed by atoms with van der Waals surface area (Å²) in [4.78, 5) is 27.9. The van der Waals surface area contributed by atoms with Gasteiger partial charge in [-0.25, -0.2) is 0 Å². The molecule has 35 heavy (non-hydrogen) atoms. The molecule has 3 aromatic carbocycles. The van der Waals surface area contributed by atoms with E-state index >= 15 is 0 Å². The fourth-order valence-electron chi connectivity index (χ4n) is 4.30. The number of carbonyl (C=O) groups excluding carboxylic acids is 2. The van der Waals surface area contributed by atoms with Crippen molar-refractivity contribution in [1.29, 1.82) is 0 Å². The second-order valence-electron chi connectivity index (χ2n) is 8.07. The smallest absolute Gasteiger partial charge is 0.295 e. The number of Topliss-reactive ketones (excluding diaryl/α,β-unsaturated/α-hetero) is 1. The number of aliphatic hydroxyl groups excluding tert-OH is 1. The summed E-state index contributed by atoms with van der Waals surface area (Å²) in [6.07, 6.45) is 0.482. The van der Waals surface area contributed by atoms with Crippen LogP contribution in [0.4, 0.5) is 0 Å². The molecule has 0 bridgehead atoms. The summed E-state index contributed by atoms with van der Waals surface area (Å²) in [5.74, 6) is 0.136. The van der Waals surface area contributed by atoms with Gasteiger partial charge in [0, 0.05) is 12.1 Å². The van der Waals surface area contributed by atoms with Gasteiger partial charge in [-0.1, -0.05) is 48.5 Å². The molecule has 0 saturated carbocycles. The van der Waals surface area contributed by atoms with E-state index in [9.17, 15) is 14.7 Å². The fraction of sp³-hybridized carbons (Fsp3) is 0.214. The van der Waals surface area contributed by atoms with Gasteiger partial charge in [0.25, 0.3) is 11.7 Å². The Morgan fingerprint density at radius 3 is 2.29 bits per heavy atom. The minimum atomic E-state index is -0.720. The number of hydrogen-bond donors (Lipinski definition) is 1. The van der Waals surface area contributed by atoms with Crippen molar-refractivity contribution in [3.05, 3.63) is 95.1 Å². The molecule has 0 aromatic heterocycles. The van der Waals surface area contributed by atoms with Crippen molar-refractivity contribution < 1.29 is 28.9 Å². The van der Waals surface area contributed by atoms with E-state index < -0.39 is 17.7 Å². The maximum atomic E-state index is 13.2. The molecule has 0 radical (unpaired) electrons. The highest BCUT2D eigenvalue weighted by molar-refractivity contribution is 6.46. The van der Waals surface area contributed by atoms with Gasteiger partial charge in [0.05, 0.1) is 32.9 Å². The van der Waals surface area contributed by atoms with Gasteiger partial charge in [-0.15, -0.1) is 0 Å². The van der Waals surface area contributed by atoms with Crippen LogP contribution in [0.15, 0.2) is 78.4 Å². The van der Waals surface area contributed by atoms with Gasteiger partial charge in [0.1, 0.15) is 11.5 Å². The molecule has 1 atom stereocenters. The summed E-state index contributed by atoms with van der Waals surface area (Å²) in [7, 11) is 4.66. The minimum absolute atomic E-state index is 0.0572. The van der Waals surface area contributed by atoms with Crippen LogP contribution in [-0.4, -0.2) is 49.6 Å². The number of ether oxygens (including phenoxy) is 3. The average Bonchev–Trinajstić information content (AvgIpc) is 3.16. The summed E-state index contributed by atoms with van der Waals surface area (Å²) in [5.41, 5.74) is 2.12. The molecular formula is C28H27NO6. The minimum Gasteiger partial charge on any atom is -0.507 e. The van der Waals surface area contributed by atoms with Gasteiger partial charge in [-0.05, 0) is 41.8 Å². The molecule has 4 rings (SSSR count). The second-order valence-corrected chi connectivity index (χ2v) is 8.07. The van der Waals surface area contributed by atoms with Crippen LogP contribution >= 0.6 is 0 Å². The van der Waals surface area contributed by atoms with Gasteiger partial charge in [0.2, 0.25) is 0 Å². The normalized spacial score (nSPS) is 16.9. The molecule has 0 spiro atoms. The summed E-state index contributed by atoms with van der Waals surface area (Å²) < 4.78 is 15.9. The topological polar surface area (TPSA) is 85.3 Å². The lowest BCUT2D eigenvalue weighted by atomic mass is 9.95. The van der Waals surface area contributed by atoms with Crippen molar-refractivity contribution in [2.75, 3.05) is 27.9 Å². The highest BCUT2D eigenvalue weighted by Gasteiger charge is 2.45. The van der Waals surface area contributed by atoms with E-state index in [0.717, 1.165) is 11.1 Å². The van der Waals surface area contributed by atoms with Crippen molar-refractivity contribution >= 4 is 17.4 Å². The number of methoxy groups -OCH3 is 3. The molecule has 7 heteroatoms. The van der Waals surface area contributed by atoms with Crippen molar-refractivity contribution in [3.8, 4) is 17.2 Å². The third-order valence-electron chi connectivity index (χ3n) is 6.09. The van der Waals surface area contributed by atoms with Crippen LogP contribution in [0.2, 0.25) is 0 Å². The zero-order chi connectivity index (χ0) is 24.9. The maximum absolute atomic E-state index is 13.2. The van der Waals surface area contributed by atoms with Gasteiger partial charge in [0.15, 0.2) is 11.5 Å². The molecule has 3 aromatic rings. The zero-order valence-corrected chi connectivity index (χ0v) is 19.9. The quantitative estimate of drug-likeness (QED) is 0.297. The second kappa shape index (κ2) is 10.3. The Morgan fingerprint density at radius 2 is 1.60 bits per heavy atom. The fourth-order valence-corrected chi connectivity index (χ4v) is 4.30. The molecule has 0 unspecified atom stereocenters. The average molecular weight is 474 g/mol. The van der Waals surface area contributed by atoms with E-state index in [-0.39, 0.29) is 17.9 Å². The van der Waals surface area contributed by atoms with Crippen molar-refractivity contribution in [2.24, 2.45) is 0 Å². The van der Waals surface area contributed by atoms with Crippen LogP contribution in [0.5, 0.6) is 17.2 Å². The lowest BCUT2D eigenvalue weighted by Crippen LogP contribution is -2.31. The van der Waals surface area contributed by atoms with Crippen LogP contribution in [0.25, 0.3) is 5.76 Å². The molecule has 1 saturated heterocycles. The zero-order valence-electron chi connectivity index (χ0n) is 19.9. The first-order valence-corrected chi connectivity index (χ1v) is 11.2. The number of amides is 1. The van der Waals surface area contributed by atoms with E-state index in [1.165, 1.54) is 12.0 Å². The third kappa shape index (κ3) is 4.71. The van der Waals surface area contributed by atoms with Gasteiger partial charge >= 0.3 is 0 Å². The van der Waals surface area contributed by atoms with E-state index in [2.05, 4.69) is 0 Å². The number of aliphatic hydroxyl groups is 1. The Kier molecular flexibility index (Phi) is 7.06. The molecular weight excluding hydrogens is 446 g/mol. The van der Waals surface area contributed by atoms with Gasteiger partial charge in [-0.2, -0.15) is 0 Å². The largest absolute Gasteiger partial charge is 0.507 e. The first kappa shape index (κ1) is 23.9. The first-order valence-electron chi connectivity index (χ1n) is 11.2. The van der Waals surface area contributed by atoms with E-state index in [4.69, 9.17) is 14.2 Å². The maximum Gasteiger partial charge on any atom is 0.295 e. The summed E-state index contributed by atoms with van der Waals surface area (Å²) in [5, 5.41) is 11.2. The SMILES string of the molecule is COc1cccc(C(O)=C2C(=O)C(=O)N(CCc3ccc(OC)c(OC)c3)[C@H]2c2ccccc2)c1. The lowest BCUT2D eigenvalue weighted by Gasteiger charge is -2.25. The number of hydrogen-bond acceptors (Lipinski definition) is 6. The van der Waals surface area contributed by atoms with Crippen LogP contribution in [-0.2, 0) is 16.0 Å². The Bertz CT molecular complexity index is 1270. The predicted octanol–water partition coefficient (Wildman–Crippen LogP) is 4.38. The summed E-state index contributed by atoms with van der Waals surface area (Å²) >= 11 is 0. The summed E-state index contributed by atoms with van der Waals surface area (Å²) in [6.45, 7) is 0.272. The lowest BCUT2D eigenvalue weighted by molar-refractivity contribution is -0.139. The van der Waals surface area contributed by atoms with E-state index in [1.54, 1.807) is 44.6 Å². The van der Waals surface area contributed by atoms with Crippen LogP contribution in [0.1, 0.15) is 22.7 Å². The molecule has 1 N–H and O–H groups in total. The van der Waals surface area contributed by atoms with Crippen LogP contribution in [0.3, 0.4) is 0 Å². The number of benzene rings is 3. The van der Waals surface area contributed by atoms with Gasteiger partial charge < -0.3 is 24.2 Å². The summed E-state index contributed by atoms with van der Waals surface area (Å²) in [6, 6.07) is 20.8. The molecule has 180 valence electrons. The Hall–Kier alpha value is -4.26. The number of rotatable bonds is 8. The number of nitrogens with zero attached hydrogens (tertiary/aromatic N) is 1. The Balaban J connectivity index is 1.73. The highest BCUT2D eigenvalue weighted by Crippen LogP contribution is 2.40. The van der Waals surface area contributed by atoms with E-state index in [1.807, 2.05) is 42.5 Å². The number of carbonyl (C=O) groups is 2. The molecule has 1 fully saturated rings. The molecule has 1 amide bonds. The van der Waals surface area contributed by atoms with Gasteiger partial charge in [-0.3, -0.25) is 9.59 Å². The Morgan fingerprint density at radius 1 is 0.857 bits per heavy atom. The third-order valence-corrected chi connectivity index (χ3v) is 6.09. The number of ketones is 1. The van der Waals surface area contributed by atoms with Crippen molar-refractivity contribution in [1.82, 2.24) is 4.90 Å². The highest BCUT2D eigenvalue weighted by atomic mass is 16.5. The Labute approximate surface area is 204 Å². The molecule has 0 aliphatic carbocycles.